The van der Waals surface area contributed by atoms with Crippen molar-refractivity contribution in [3.63, 3.8) is 0 Å². The normalized spacial score (nSPS) is 15.6. The van der Waals surface area contributed by atoms with E-state index in [-0.39, 0.29) is 18.4 Å². The third-order valence-corrected chi connectivity index (χ3v) is 5.62. The molecule has 1 aliphatic rings. The van der Waals surface area contributed by atoms with Gasteiger partial charge in [0.15, 0.2) is 5.11 Å². The topological polar surface area (TPSA) is 70.7 Å². The summed E-state index contributed by atoms with van der Waals surface area (Å²) in [5.74, 6) is 0.460. The maximum atomic E-state index is 12.7. The Bertz CT molecular complexity index is 1150. The highest BCUT2D eigenvalue weighted by molar-refractivity contribution is 7.80. The molecule has 30 heavy (non-hydrogen) atoms. The van der Waals surface area contributed by atoms with Crippen LogP contribution in [0.15, 0.2) is 59.0 Å². The molecule has 1 aliphatic heterocycles. The lowest BCUT2D eigenvalue weighted by Crippen LogP contribution is -2.30. The van der Waals surface area contributed by atoms with Crippen LogP contribution < -0.4 is 5.32 Å². The Morgan fingerprint density at radius 2 is 2.03 bits per heavy atom. The van der Waals surface area contributed by atoms with Gasteiger partial charge in [0.25, 0.3) is 5.91 Å². The van der Waals surface area contributed by atoms with Gasteiger partial charge < -0.3 is 19.2 Å². The summed E-state index contributed by atoms with van der Waals surface area (Å²) in [6.45, 7) is 2.92. The molecule has 4 rings (SSSR count). The molecule has 0 unspecified atom stereocenters. The standard InChI is InChI=1S/C22H22N4O3S/c1-3-26-21(28)19(24(2)22(26)30)11-15-13-25(18-9-5-4-8-17(15)18)14-20(27)23-12-16-7-6-10-29-16/h4-11,13H,3,12,14H2,1-2H3,(H,23,27)/b19-11-. The highest BCUT2D eigenvalue weighted by atomic mass is 32.1. The van der Waals surface area contributed by atoms with E-state index in [1.165, 1.54) is 0 Å². The number of likely N-dealkylation sites (N-methyl/N-ethyl adjacent to an activating group) is 2. The summed E-state index contributed by atoms with van der Waals surface area (Å²) >= 11 is 5.38. The van der Waals surface area contributed by atoms with Crippen LogP contribution >= 0.6 is 12.2 Å². The van der Waals surface area contributed by atoms with Gasteiger partial charge in [0.1, 0.15) is 18.0 Å². The summed E-state index contributed by atoms with van der Waals surface area (Å²) < 4.78 is 7.13. The predicted molar refractivity (Wildman–Crippen MR) is 118 cm³/mol. The van der Waals surface area contributed by atoms with Crippen molar-refractivity contribution in [2.75, 3.05) is 13.6 Å². The van der Waals surface area contributed by atoms with E-state index in [1.807, 2.05) is 54.1 Å². The van der Waals surface area contributed by atoms with Crippen LogP contribution in [0.4, 0.5) is 0 Å². The zero-order valence-corrected chi connectivity index (χ0v) is 17.6. The molecule has 0 aliphatic carbocycles. The monoisotopic (exact) mass is 422 g/mol. The summed E-state index contributed by atoms with van der Waals surface area (Å²) in [6, 6.07) is 11.4. The van der Waals surface area contributed by atoms with Crippen molar-refractivity contribution < 1.29 is 14.0 Å². The van der Waals surface area contributed by atoms with E-state index >= 15 is 0 Å². The molecule has 0 spiro atoms. The third-order valence-electron chi connectivity index (χ3n) is 5.13. The maximum Gasteiger partial charge on any atom is 0.276 e. The van der Waals surface area contributed by atoms with Gasteiger partial charge in [-0.05, 0) is 43.4 Å². The Hall–Kier alpha value is -3.39. The lowest BCUT2D eigenvalue weighted by molar-refractivity contribution is -0.123. The Kier molecular flexibility index (Phi) is 5.41. The van der Waals surface area contributed by atoms with Crippen LogP contribution in [0, 0.1) is 0 Å². The third kappa shape index (κ3) is 3.61. The molecule has 0 radical (unpaired) electrons. The summed E-state index contributed by atoms with van der Waals surface area (Å²) in [7, 11) is 1.79. The van der Waals surface area contributed by atoms with Gasteiger partial charge in [-0.3, -0.25) is 14.5 Å². The van der Waals surface area contributed by atoms with Crippen LogP contribution in [0.3, 0.4) is 0 Å². The molecule has 2 aromatic heterocycles. The highest BCUT2D eigenvalue weighted by Crippen LogP contribution is 2.27. The molecular formula is C22H22N4O3S. The number of para-hydroxylation sites is 1. The molecule has 7 nitrogen and oxygen atoms in total. The Morgan fingerprint density at radius 3 is 2.73 bits per heavy atom. The first-order valence-corrected chi connectivity index (χ1v) is 10.1. The average Bonchev–Trinajstić information content (AvgIpc) is 3.43. The summed E-state index contributed by atoms with van der Waals surface area (Å²) in [5, 5.41) is 4.32. The number of hydrogen-bond acceptors (Lipinski definition) is 4. The SMILES string of the molecule is CCN1C(=O)/C(=C/c2cn(CC(=O)NCc3ccco3)c3ccccc23)N(C)C1=S. The van der Waals surface area contributed by atoms with Crippen molar-refractivity contribution in [2.24, 2.45) is 0 Å². The molecule has 8 heteroatoms. The zero-order valence-electron chi connectivity index (χ0n) is 16.8. The van der Waals surface area contributed by atoms with Gasteiger partial charge in [0.2, 0.25) is 5.91 Å². The smallest absolute Gasteiger partial charge is 0.276 e. The van der Waals surface area contributed by atoms with Gasteiger partial charge in [0.05, 0.1) is 12.8 Å². The minimum Gasteiger partial charge on any atom is -0.467 e. The van der Waals surface area contributed by atoms with E-state index in [0.717, 1.165) is 16.5 Å². The molecule has 1 fully saturated rings. The van der Waals surface area contributed by atoms with Crippen LogP contribution in [0.2, 0.25) is 0 Å². The first-order valence-electron chi connectivity index (χ1n) is 9.67. The molecule has 2 amide bonds. The fourth-order valence-electron chi connectivity index (χ4n) is 3.57. The van der Waals surface area contributed by atoms with Gasteiger partial charge >= 0.3 is 0 Å². The summed E-state index contributed by atoms with van der Waals surface area (Å²) in [5.41, 5.74) is 2.30. The van der Waals surface area contributed by atoms with Crippen LogP contribution in [0.1, 0.15) is 18.2 Å². The number of hydrogen-bond donors (Lipinski definition) is 1. The molecule has 0 bridgehead atoms. The average molecular weight is 423 g/mol. The van der Waals surface area contributed by atoms with Gasteiger partial charge in [-0.1, -0.05) is 18.2 Å². The number of nitrogens with one attached hydrogen (secondary N) is 1. The van der Waals surface area contributed by atoms with Gasteiger partial charge in [-0.25, -0.2) is 0 Å². The number of nitrogens with zero attached hydrogens (tertiary/aromatic N) is 3. The minimum absolute atomic E-state index is 0.113. The van der Waals surface area contributed by atoms with Crippen molar-refractivity contribution in [2.45, 2.75) is 20.0 Å². The number of thiocarbonyl (C=S) groups is 1. The molecule has 0 saturated carbocycles. The lowest BCUT2D eigenvalue weighted by Gasteiger charge is -2.13. The van der Waals surface area contributed by atoms with E-state index in [1.54, 1.807) is 29.2 Å². The van der Waals surface area contributed by atoms with Crippen molar-refractivity contribution in [3.05, 3.63) is 65.9 Å². The molecule has 1 saturated heterocycles. The van der Waals surface area contributed by atoms with E-state index < -0.39 is 0 Å². The molecule has 154 valence electrons. The minimum atomic E-state index is -0.126. The second-order valence-electron chi connectivity index (χ2n) is 7.01. The Morgan fingerprint density at radius 1 is 1.23 bits per heavy atom. The van der Waals surface area contributed by atoms with E-state index in [9.17, 15) is 9.59 Å². The number of carbonyl (C=O) groups is 2. The molecule has 1 aromatic carbocycles. The fourth-order valence-corrected chi connectivity index (χ4v) is 3.88. The van der Waals surface area contributed by atoms with E-state index in [2.05, 4.69) is 5.32 Å². The maximum absolute atomic E-state index is 12.7. The fraction of sp³-hybridized carbons (Fsp3) is 0.227. The Labute approximate surface area is 179 Å². The van der Waals surface area contributed by atoms with Crippen LogP contribution in [-0.4, -0.2) is 44.9 Å². The molecular weight excluding hydrogens is 400 g/mol. The van der Waals surface area contributed by atoms with Gasteiger partial charge in [-0.15, -0.1) is 0 Å². The first-order chi connectivity index (χ1) is 14.5. The van der Waals surface area contributed by atoms with Crippen LogP contribution in [0.25, 0.3) is 17.0 Å². The summed E-state index contributed by atoms with van der Waals surface area (Å²) in [6.07, 6.45) is 5.31. The van der Waals surface area contributed by atoms with E-state index in [0.29, 0.717) is 29.7 Å². The van der Waals surface area contributed by atoms with Crippen molar-refractivity contribution >= 4 is 46.1 Å². The van der Waals surface area contributed by atoms with Crippen molar-refractivity contribution in [3.8, 4) is 0 Å². The number of fused-ring (bicyclic) bond motifs is 1. The number of rotatable bonds is 6. The largest absolute Gasteiger partial charge is 0.467 e. The highest BCUT2D eigenvalue weighted by Gasteiger charge is 2.34. The second-order valence-corrected chi connectivity index (χ2v) is 7.37. The lowest BCUT2D eigenvalue weighted by atomic mass is 10.1. The van der Waals surface area contributed by atoms with Crippen molar-refractivity contribution in [1.82, 2.24) is 19.7 Å². The van der Waals surface area contributed by atoms with Gasteiger partial charge in [0, 0.05) is 36.3 Å². The molecule has 0 atom stereocenters. The number of benzene rings is 1. The molecule has 1 N–H and O–H groups in total. The number of aromatic nitrogens is 1. The van der Waals surface area contributed by atoms with E-state index in [4.69, 9.17) is 16.6 Å². The molecule has 3 heterocycles. The number of furan rings is 1. The van der Waals surface area contributed by atoms with Crippen LogP contribution in [-0.2, 0) is 22.7 Å². The van der Waals surface area contributed by atoms with Crippen molar-refractivity contribution in [1.29, 1.82) is 0 Å². The number of carbonyl (C=O) groups excluding carboxylic acids is 2. The second kappa shape index (κ2) is 8.16. The zero-order chi connectivity index (χ0) is 21.3. The van der Waals surface area contributed by atoms with Crippen LogP contribution in [0.5, 0.6) is 0 Å². The van der Waals surface area contributed by atoms with Gasteiger partial charge in [-0.2, -0.15) is 0 Å². The quantitative estimate of drug-likeness (QED) is 0.489. The number of amides is 2. The Balaban J connectivity index is 1.62. The molecule has 3 aromatic rings. The predicted octanol–water partition coefficient (Wildman–Crippen LogP) is 2.97. The first kappa shape index (κ1) is 19.9. The summed E-state index contributed by atoms with van der Waals surface area (Å²) in [4.78, 5) is 28.5.